The molecule has 0 bridgehead atoms. The Balaban J connectivity index is 2.30. The highest BCUT2D eigenvalue weighted by Gasteiger charge is 2.45. The van der Waals surface area contributed by atoms with Gasteiger partial charge in [0.05, 0.1) is 4.90 Å². The van der Waals surface area contributed by atoms with Crippen molar-refractivity contribution in [3.8, 4) is 0 Å². The van der Waals surface area contributed by atoms with Crippen LogP contribution >= 0.6 is 15.9 Å². The minimum atomic E-state index is -3.75. The van der Waals surface area contributed by atoms with Crippen molar-refractivity contribution in [2.75, 3.05) is 26.2 Å². The Bertz CT molecular complexity index is 633. The zero-order chi connectivity index (χ0) is 16.4. The first kappa shape index (κ1) is 17.4. The molecular formula is C15H21BrN2O3S. The number of nitrogens with zero attached hydrogens (tertiary/aromatic N) is 1. The third-order valence-corrected chi connectivity index (χ3v) is 6.88. The lowest BCUT2D eigenvalue weighted by Crippen LogP contribution is -2.50. The van der Waals surface area contributed by atoms with Crippen LogP contribution in [-0.2, 0) is 14.6 Å². The molecule has 7 heteroatoms. The van der Waals surface area contributed by atoms with Crippen molar-refractivity contribution in [3.05, 3.63) is 28.7 Å². The van der Waals surface area contributed by atoms with Gasteiger partial charge in [-0.2, -0.15) is 0 Å². The van der Waals surface area contributed by atoms with Crippen molar-refractivity contribution >= 4 is 31.7 Å². The summed E-state index contributed by atoms with van der Waals surface area (Å²) in [5.41, 5.74) is 0. The van der Waals surface area contributed by atoms with E-state index in [2.05, 4.69) is 21.2 Å². The maximum Gasteiger partial charge on any atom is 0.243 e. The Morgan fingerprint density at radius 2 is 1.82 bits per heavy atom. The number of carbonyl (C=O) groups excluding carboxylic acids is 1. The summed E-state index contributed by atoms with van der Waals surface area (Å²) in [5.74, 6) is -0.334. The van der Waals surface area contributed by atoms with E-state index in [0.717, 1.165) is 17.4 Å². The van der Waals surface area contributed by atoms with Gasteiger partial charge in [0.25, 0.3) is 0 Å². The van der Waals surface area contributed by atoms with Crippen LogP contribution in [0.15, 0.2) is 33.6 Å². The van der Waals surface area contributed by atoms with Crippen molar-refractivity contribution < 1.29 is 13.2 Å². The van der Waals surface area contributed by atoms with Crippen LogP contribution in [0.4, 0.5) is 0 Å². The van der Waals surface area contributed by atoms with Crippen molar-refractivity contribution in [1.82, 2.24) is 10.2 Å². The predicted molar refractivity (Wildman–Crippen MR) is 89.5 cm³/mol. The first-order valence-electron chi connectivity index (χ1n) is 7.27. The molecule has 0 radical (unpaired) electrons. The molecule has 1 aliphatic heterocycles. The molecule has 1 N–H and O–H groups in total. The van der Waals surface area contributed by atoms with E-state index in [0.29, 0.717) is 19.6 Å². The molecule has 1 saturated heterocycles. The third kappa shape index (κ3) is 3.36. The monoisotopic (exact) mass is 388 g/mol. The summed E-state index contributed by atoms with van der Waals surface area (Å²) in [4.78, 5) is 14.6. The number of nitrogens with one attached hydrogen (secondary N) is 1. The third-order valence-electron chi connectivity index (χ3n) is 3.94. The molecule has 0 atom stereocenters. The zero-order valence-corrected chi connectivity index (χ0v) is 15.2. The summed E-state index contributed by atoms with van der Waals surface area (Å²) < 4.78 is 25.0. The predicted octanol–water partition coefficient (Wildman–Crippen LogP) is 1.82. The number of hydrogen-bond donors (Lipinski definition) is 1. The zero-order valence-electron chi connectivity index (χ0n) is 12.8. The van der Waals surface area contributed by atoms with Crippen molar-refractivity contribution in [1.29, 1.82) is 0 Å². The molecule has 0 aromatic heterocycles. The summed E-state index contributed by atoms with van der Waals surface area (Å²) in [5, 5.41) is 3.21. The number of hydrogen-bond acceptors (Lipinski definition) is 4. The van der Waals surface area contributed by atoms with Gasteiger partial charge in [0, 0.05) is 24.1 Å². The number of halogens is 1. The molecule has 1 aromatic rings. The number of sulfone groups is 1. The normalized spacial score (nSPS) is 17.1. The van der Waals surface area contributed by atoms with Gasteiger partial charge in [0.15, 0.2) is 9.84 Å². The Labute approximate surface area is 140 Å². The van der Waals surface area contributed by atoms with Crippen LogP contribution in [0.25, 0.3) is 0 Å². The molecule has 2 rings (SSSR count). The van der Waals surface area contributed by atoms with Gasteiger partial charge in [-0.3, -0.25) is 4.79 Å². The van der Waals surface area contributed by atoms with E-state index in [9.17, 15) is 13.2 Å². The second-order valence-electron chi connectivity index (χ2n) is 5.86. The molecule has 5 nitrogen and oxygen atoms in total. The summed E-state index contributed by atoms with van der Waals surface area (Å²) in [6.45, 7) is 5.66. The largest absolute Gasteiger partial charge is 0.340 e. The lowest BCUT2D eigenvalue weighted by molar-refractivity contribution is -0.132. The quantitative estimate of drug-likeness (QED) is 0.857. The number of carbonyl (C=O) groups is 1. The molecule has 0 unspecified atom stereocenters. The average molecular weight is 389 g/mol. The fourth-order valence-corrected chi connectivity index (χ4v) is 4.16. The van der Waals surface area contributed by atoms with Crippen LogP contribution in [0.5, 0.6) is 0 Å². The van der Waals surface area contributed by atoms with Crippen LogP contribution in [0.3, 0.4) is 0 Å². The highest BCUT2D eigenvalue weighted by Crippen LogP contribution is 2.28. The van der Waals surface area contributed by atoms with E-state index in [-0.39, 0.29) is 10.8 Å². The van der Waals surface area contributed by atoms with Crippen molar-refractivity contribution in [3.63, 3.8) is 0 Å². The van der Waals surface area contributed by atoms with E-state index >= 15 is 0 Å². The average Bonchev–Trinajstić information content (AvgIpc) is 2.75. The van der Waals surface area contributed by atoms with Gasteiger partial charge < -0.3 is 10.2 Å². The van der Waals surface area contributed by atoms with Crippen LogP contribution in [0.2, 0.25) is 0 Å². The van der Waals surface area contributed by atoms with Gasteiger partial charge in [-0.15, -0.1) is 0 Å². The molecule has 1 fully saturated rings. The Morgan fingerprint density at radius 3 is 2.45 bits per heavy atom. The van der Waals surface area contributed by atoms with E-state index < -0.39 is 14.6 Å². The fraction of sp³-hybridized carbons (Fsp3) is 0.533. The van der Waals surface area contributed by atoms with Crippen LogP contribution < -0.4 is 5.32 Å². The molecule has 122 valence electrons. The number of amides is 1. The van der Waals surface area contributed by atoms with Gasteiger partial charge in [-0.1, -0.05) is 15.9 Å². The van der Waals surface area contributed by atoms with Gasteiger partial charge >= 0.3 is 0 Å². The molecule has 0 saturated carbocycles. The fourth-order valence-electron chi connectivity index (χ4n) is 2.45. The van der Waals surface area contributed by atoms with Crippen LogP contribution in [0.1, 0.15) is 20.3 Å². The summed E-state index contributed by atoms with van der Waals surface area (Å²) in [6.07, 6.45) is 0.833. The van der Waals surface area contributed by atoms with Gasteiger partial charge in [-0.25, -0.2) is 8.42 Å². The van der Waals surface area contributed by atoms with E-state index in [4.69, 9.17) is 0 Å². The molecule has 1 aromatic carbocycles. The van der Waals surface area contributed by atoms with E-state index in [1.807, 2.05) is 0 Å². The first-order valence-corrected chi connectivity index (χ1v) is 9.55. The van der Waals surface area contributed by atoms with Gasteiger partial charge in [-0.05, 0) is 51.1 Å². The molecule has 22 heavy (non-hydrogen) atoms. The highest BCUT2D eigenvalue weighted by atomic mass is 79.9. The minimum absolute atomic E-state index is 0.169. The van der Waals surface area contributed by atoms with Crippen molar-refractivity contribution in [2.45, 2.75) is 29.9 Å². The summed E-state index contributed by atoms with van der Waals surface area (Å²) in [7, 11) is -3.75. The second kappa shape index (κ2) is 6.68. The second-order valence-corrected chi connectivity index (χ2v) is 9.28. The van der Waals surface area contributed by atoms with Gasteiger partial charge in [0.1, 0.15) is 4.75 Å². The standard InChI is InChI=1S/C15H21BrN2O3S/c1-15(2,14(19)18-10-3-8-17-9-11-18)22(20,21)13-6-4-12(16)5-7-13/h4-7,17H,3,8-11H2,1-2H3. The van der Waals surface area contributed by atoms with Gasteiger partial charge in [0.2, 0.25) is 5.91 Å². The van der Waals surface area contributed by atoms with Crippen LogP contribution in [-0.4, -0.2) is 50.2 Å². The Kier molecular flexibility index (Phi) is 5.29. The lowest BCUT2D eigenvalue weighted by Gasteiger charge is -2.30. The smallest absolute Gasteiger partial charge is 0.243 e. The summed E-state index contributed by atoms with van der Waals surface area (Å²) >= 11 is 3.29. The molecule has 1 amide bonds. The molecule has 1 heterocycles. The highest BCUT2D eigenvalue weighted by molar-refractivity contribution is 9.10. The lowest BCUT2D eigenvalue weighted by atomic mass is 10.1. The summed E-state index contributed by atoms with van der Waals surface area (Å²) in [6, 6.07) is 6.39. The number of benzene rings is 1. The van der Waals surface area contributed by atoms with Crippen LogP contribution in [0, 0.1) is 0 Å². The molecular weight excluding hydrogens is 368 g/mol. The Morgan fingerprint density at radius 1 is 1.18 bits per heavy atom. The maximum absolute atomic E-state index is 12.9. The molecule has 0 aliphatic carbocycles. The number of rotatable bonds is 3. The van der Waals surface area contributed by atoms with Crippen molar-refractivity contribution in [2.24, 2.45) is 0 Å². The minimum Gasteiger partial charge on any atom is -0.340 e. The first-order chi connectivity index (χ1) is 10.3. The molecule has 0 spiro atoms. The SMILES string of the molecule is CC(C)(C(=O)N1CCCNCC1)S(=O)(=O)c1ccc(Br)cc1. The maximum atomic E-state index is 12.9. The Hall–Kier alpha value is -0.920. The molecule has 1 aliphatic rings. The van der Waals surface area contributed by atoms with E-state index in [1.165, 1.54) is 26.0 Å². The topological polar surface area (TPSA) is 66.5 Å². The van der Waals surface area contributed by atoms with E-state index in [1.54, 1.807) is 17.0 Å².